The predicted octanol–water partition coefficient (Wildman–Crippen LogP) is 3.21. The Balaban J connectivity index is 1.67. The Bertz CT molecular complexity index is 774. The molecule has 0 aromatic heterocycles. The first-order chi connectivity index (χ1) is 13.8. The molecule has 0 spiro atoms. The smallest absolute Gasteiger partial charge is 0.321 e. The third-order valence-electron chi connectivity index (χ3n) is 5.43. The van der Waals surface area contributed by atoms with Gasteiger partial charge < -0.3 is 10.1 Å². The van der Waals surface area contributed by atoms with E-state index in [4.69, 9.17) is 4.74 Å². The monoisotopic (exact) mass is 402 g/mol. The van der Waals surface area contributed by atoms with Crippen LogP contribution >= 0.6 is 0 Å². The quantitative estimate of drug-likeness (QED) is 0.539. The summed E-state index contributed by atoms with van der Waals surface area (Å²) in [4.78, 5) is 47.7. The first-order valence-electron chi connectivity index (χ1n) is 10.1. The van der Waals surface area contributed by atoms with E-state index in [0.29, 0.717) is 11.5 Å². The number of carbonyl (C=O) groups excluding carboxylic acids is 4. The average molecular weight is 402 g/mol. The number of imide groups is 1. The van der Waals surface area contributed by atoms with Crippen molar-refractivity contribution in [1.82, 2.24) is 10.6 Å². The minimum atomic E-state index is -0.695. The molecule has 0 saturated heterocycles. The SMILES string of the molecule is Cc1ccc(C(=O)CCC(=O)OCC(=O)NC(=O)NC2CCCCC2C)cc1C. The highest BCUT2D eigenvalue weighted by atomic mass is 16.5. The number of carbonyl (C=O) groups is 4. The average Bonchev–Trinajstić information content (AvgIpc) is 2.68. The van der Waals surface area contributed by atoms with E-state index in [1.54, 1.807) is 12.1 Å². The van der Waals surface area contributed by atoms with Crippen molar-refractivity contribution in [2.75, 3.05) is 6.61 Å². The maximum absolute atomic E-state index is 12.2. The first kappa shape index (κ1) is 22.6. The van der Waals surface area contributed by atoms with Crippen LogP contribution in [0.1, 0.15) is 66.9 Å². The molecule has 7 heteroatoms. The second-order valence-corrected chi connectivity index (χ2v) is 7.77. The van der Waals surface area contributed by atoms with Gasteiger partial charge >= 0.3 is 12.0 Å². The van der Waals surface area contributed by atoms with Gasteiger partial charge in [-0.3, -0.25) is 19.7 Å². The Morgan fingerprint density at radius 2 is 1.76 bits per heavy atom. The summed E-state index contributed by atoms with van der Waals surface area (Å²) < 4.78 is 4.86. The lowest BCUT2D eigenvalue weighted by atomic mass is 9.86. The lowest BCUT2D eigenvalue weighted by Crippen LogP contribution is -2.48. The lowest BCUT2D eigenvalue weighted by molar-refractivity contribution is -0.148. The van der Waals surface area contributed by atoms with E-state index in [0.717, 1.165) is 36.8 Å². The minimum Gasteiger partial charge on any atom is -0.456 e. The molecule has 2 rings (SSSR count). The van der Waals surface area contributed by atoms with E-state index in [2.05, 4.69) is 17.6 Å². The van der Waals surface area contributed by atoms with E-state index >= 15 is 0 Å². The van der Waals surface area contributed by atoms with E-state index in [-0.39, 0.29) is 24.7 Å². The lowest BCUT2D eigenvalue weighted by Gasteiger charge is -2.29. The maximum atomic E-state index is 12.2. The van der Waals surface area contributed by atoms with Gasteiger partial charge in [0.1, 0.15) is 0 Å². The third kappa shape index (κ3) is 7.33. The summed E-state index contributed by atoms with van der Waals surface area (Å²) >= 11 is 0. The molecule has 3 amide bonds. The van der Waals surface area contributed by atoms with Gasteiger partial charge in [0.25, 0.3) is 5.91 Å². The summed E-state index contributed by atoms with van der Waals surface area (Å²) in [5, 5.41) is 4.97. The summed E-state index contributed by atoms with van der Waals surface area (Å²) in [6.45, 7) is 5.41. The fraction of sp³-hybridized carbons (Fsp3) is 0.545. The molecule has 1 aromatic rings. The van der Waals surface area contributed by atoms with Crippen LogP contribution in [-0.4, -0.2) is 36.3 Å². The van der Waals surface area contributed by atoms with Crippen molar-refractivity contribution < 1.29 is 23.9 Å². The third-order valence-corrected chi connectivity index (χ3v) is 5.43. The molecular formula is C22H30N2O5. The van der Waals surface area contributed by atoms with Crippen LogP contribution in [0.25, 0.3) is 0 Å². The van der Waals surface area contributed by atoms with Gasteiger partial charge in [-0.15, -0.1) is 0 Å². The number of esters is 1. The van der Waals surface area contributed by atoms with E-state index in [1.165, 1.54) is 0 Å². The van der Waals surface area contributed by atoms with Crippen molar-refractivity contribution in [1.29, 1.82) is 0 Å². The Hall–Kier alpha value is -2.70. The Labute approximate surface area is 171 Å². The number of ether oxygens (including phenoxy) is 1. The summed E-state index contributed by atoms with van der Waals surface area (Å²) in [5.74, 6) is -1.13. The highest BCUT2D eigenvalue weighted by Gasteiger charge is 2.23. The second-order valence-electron chi connectivity index (χ2n) is 7.77. The van der Waals surface area contributed by atoms with Crippen LogP contribution < -0.4 is 10.6 Å². The second kappa shape index (κ2) is 10.7. The topological polar surface area (TPSA) is 102 Å². The highest BCUT2D eigenvalue weighted by molar-refractivity contribution is 5.98. The van der Waals surface area contributed by atoms with Crippen LogP contribution in [-0.2, 0) is 14.3 Å². The van der Waals surface area contributed by atoms with Gasteiger partial charge in [-0.2, -0.15) is 0 Å². The predicted molar refractivity (Wildman–Crippen MR) is 109 cm³/mol. The molecule has 1 aromatic carbocycles. The molecule has 2 N–H and O–H groups in total. The Morgan fingerprint density at radius 3 is 2.45 bits per heavy atom. The molecule has 2 unspecified atom stereocenters. The molecule has 1 saturated carbocycles. The Kier molecular flexibility index (Phi) is 8.36. The van der Waals surface area contributed by atoms with Crippen LogP contribution in [0.5, 0.6) is 0 Å². The molecule has 1 aliphatic carbocycles. The molecule has 1 fully saturated rings. The molecule has 29 heavy (non-hydrogen) atoms. The van der Waals surface area contributed by atoms with Gasteiger partial charge in [0.15, 0.2) is 12.4 Å². The summed E-state index contributed by atoms with van der Waals surface area (Å²) in [6.07, 6.45) is 4.04. The number of aryl methyl sites for hydroxylation is 2. The van der Waals surface area contributed by atoms with Crippen molar-refractivity contribution in [3.63, 3.8) is 0 Å². The first-order valence-corrected chi connectivity index (χ1v) is 10.1. The van der Waals surface area contributed by atoms with Crippen molar-refractivity contribution in [2.45, 2.75) is 65.3 Å². The van der Waals surface area contributed by atoms with Crippen LogP contribution in [0, 0.1) is 19.8 Å². The molecular weight excluding hydrogens is 372 g/mol. The molecule has 2 atom stereocenters. The van der Waals surface area contributed by atoms with E-state index in [1.807, 2.05) is 19.9 Å². The standard InChI is InChI=1S/C22H30N2O5/c1-14-8-9-17(12-16(14)3)19(25)10-11-21(27)29-13-20(26)24-22(28)23-18-7-5-4-6-15(18)2/h8-9,12,15,18H,4-7,10-11,13H2,1-3H3,(H2,23,24,26,28). The maximum Gasteiger partial charge on any atom is 0.321 e. The number of urea groups is 1. The number of hydrogen-bond donors (Lipinski definition) is 2. The highest BCUT2D eigenvalue weighted by Crippen LogP contribution is 2.23. The number of nitrogens with one attached hydrogen (secondary N) is 2. The van der Waals surface area contributed by atoms with Gasteiger partial charge in [-0.1, -0.05) is 31.9 Å². The van der Waals surface area contributed by atoms with Gasteiger partial charge in [-0.25, -0.2) is 4.79 Å². The number of hydrogen-bond acceptors (Lipinski definition) is 5. The van der Waals surface area contributed by atoms with Crippen LogP contribution in [0.2, 0.25) is 0 Å². The van der Waals surface area contributed by atoms with Crippen molar-refractivity contribution >= 4 is 23.7 Å². The molecule has 158 valence electrons. The zero-order valence-electron chi connectivity index (χ0n) is 17.4. The molecule has 7 nitrogen and oxygen atoms in total. The number of amides is 3. The van der Waals surface area contributed by atoms with Gasteiger partial charge in [-0.05, 0) is 49.8 Å². The molecule has 0 heterocycles. The van der Waals surface area contributed by atoms with Gasteiger partial charge in [0.2, 0.25) is 0 Å². The summed E-state index contributed by atoms with van der Waals surface area (Å²) in [7, 11) is 0. The normalized spacial score (nSPS) is 18.6. The summed E-state index contributed by atoms with van der Waals surface area (Å²) in [6, 6.07) is 4.87. The number of benzene rings is 1. The number of Topliss-reactive ketones (excluding diaryl/α,β-unsaturated/α-hetero) is 1. The van der Waals surface area contributed by atoms with Crippen LogP contribution in [0.15, 0.2) is 18.2 Å². The van der Waals surface area contributed by atoms with Crippen molar-refractivity contribution in [2.24, 2.45) is 5.92 Å². The zero-order valence-corrected chi connectivity index (χ0v) is 17.4. The number of rotatable bonds is 7. The fourth-order valence-corrected chi connectivity index (χ4v) is 3.39. The molecule has 0 aliphatic heterocycles. The molecule has 0 bridgehead atoms. The van der Waals surface area contributed by atoms with Crippen LogP contribution in [0.4, 0.5) is 4.79 Å². The van der Waals surface area contributed by atoms with E-state index in [9.17, 15) is 19.2 Å². The van der Waals surface area contributed by atoms with Gasteiger partial charge in [0.05, 0.1) is 6.42 Å². The van der Waals surface area contributed by atoms with Crippen molar-refractivity contribution in [3.8, 4) is 0 Å². The largest absolute Gasteiger partial charge is 0.456 e. The molecule has 0 radical (unpaired) electrons. The minimum absolute atomic E-state index is 0.00298. The zero-order chi connectivity index (χ0) is 21.4. The summed E-state index contributed by atoms with van der Waals surface area (Å²) in [5.41, 5.74) is 2.65. The Morgan fingerprint density at radius 1 is 1.03 bits per heavy atom. The number of ketones is 1. The van der Waals surface area contributed by atoms with Crippen LogP contribution in [0.3, 0.4) is 0 Å². The van der Waals surface area contributed by atoms with Crippen molar-refractivity contribution in [3.05, 3.63) is 34.9 Å². The molecule has 1 aliphatic rings. The van der Waals surface area contributed by atoms with Gasteiger partial charge in [0, 0.05) is 18.0 Å². The van der Waals surface area contributed by atoms with E-state index < -0.39 is 24.5 Å². The fourth-order valence-electron chi connectivity index (χ4n) is 3.39.